The largest absolute Gasteiger partial charge is 0.497 e. The molecule has 0 aliphatic heterocycles. The molecular formula is C12H15BrO. The molecule has 1 saturated carbocycles. The SMILES string of the molecule is COc1ccc(C(Br)C2CC2C)cc1. The van der Waals surface area contributed by atoms with Crippen LogP contribution in [0, 0.1) is 11.8 Å². The normalized spacial score (nSPS) is 27.1. The van der Waals surface area contributed by atoms with E-state index in [4.69, 9.17) is 4.74 Å². The Morgan fingerprint density at radius 2 is 1.93 bits per heavy atom. The molecule has 0 heterocycles. The molecule has 0 aromatic heterocycles. The number of methoxy groups -OCH3 is 1. The molecule has 3 unspecified atom stereocenters. The van der Waals surface area contributed by atoms with Crippen LogP contribution in [0.3, 0.4) is 0 Å². The van der Waals surface area contributed by atoms with Gasteiger partial charge in [0.25, 0.3) is 0 Å². The molecule has 1 fully saturated rings. The maximum absolute atomic E-state index is 5.13. The molecule has 0 bridgehead atoms. The van der Waals surface area contributed by atoms with Crippen molar-refractivity contribution in [3.05, 3.63) is 29.8 Å². The topological polar surface area (TPSA) is 9.23 Å². The van der Waals surface area contributed by atoms with Gasteiger partial charge < -0.3 is 4.74 Å². The Labute approximate surface area is 93.6 Å². The van der Waals surface area contributed by atoms with Crippen LogP contribution in [-0.2, 0) is 0 Å². The van der Waals surface area contributed by atoms with Gasteiger partial charge in [-0.15, -0.1) is 0 Å². The Hall–Kier alpha value is -0.500. The number of hydrogen-bond acceptors (Lipinski definition) is 1. The van der Waals surface area contributed by atoms with E-state index in [0.29, 0.717) is 4.83 Å². The minimum atomic E-state index is 0.517. The fraction of sp³-hybridized carbons (Fsp3) is 0.500. The van der Waals surface area contributed by atoms with Gasteiger partial charge in [0, 0.05) is 4.83 Å². The summed E-state index contributed by atoms with van der Waals surface area (Å²) in [5.74, 6) is 2.63. The lowest BCUT2D eigenvalue weighted by Gasteiger charge is -2.09. The van der Waals surface area contributed by atoms with Crippen molar-refractivity contribution in [3.8, 4) is 5.75 Å². The third-order valence-corrected chi connectivity index (χ3v) is 4.19. The number of halogens is 1. The third-order valence-electron chi connectivity index (χ3n) is 2.98. The van der Waals surface area contributed by atoms with Crippen LogP contribution in [0.15, 0.2) is 24.3 Å². The Kier molecular flexibility index (Phi) is 2.82. The summed E-state index contributed by atoms with van der Waals surface area (Å²) in [6.07, 6.45) is 1.35. The third kappa shape index (κ3) is 1.95. The molecule has 1 aromatic rings. The molecule has 76 valence electrons. The van der Waals surface area contributed by atoms with Crippen molar-refractivity contribution in [2.24, 2.45) is 11.8 Å². The average Bonchev–Trinajstić information content (AvgIpc) is 2.95. The maximum Gasteiger partial charge on any atom is 0.118 e. The zero-order chi connectivity index (χ0) is 10.1. The standard InChI is InChI=1S/C12H15BrO/c1-8-7-11(8)12(13)9-3-5-10(14-2)6-4-9/h3-6,8,11-12H,7H2,1-2H3. The highest BCUT2D eigenvalue weighted by Crippen LogP contribution is 2.51. The minimum absolute atomic E-state index is 0.517. The highest BCUT2D eigenvalue weighted by molar-refractivity contribution is 9.09. The zero-order valence-electron chi connectivity index (χ0n) is 8.53. The maximum atomic E-state index is 5.13. The number of rotatable bonds is 3. The van der Waals surface area contributed by atoms with Gasteiger partial charge in [0.2, 0.25) is 0 Å². The van der Waals surface area contributed by atoms with Crippen LogP contribution in [0.1, 0.15) is 23.7 Å². The number of ether oxygens (including phenoxy) is 1. The van der Waals surface area contributed by atoms with E-state index in [1.807, 2.05) is 12.1 Å². The molecule has 0 N–H and O–H groups in total. The van der Waals surface area contributed by atoms with Gasteiger partial charge in [0.05, 0.1) is 7.11 Å². The predicted octanol–water partition coefficient (Wildman–Crippen LogP) is 3.79. The van der Waals surface area contributed by atoms with Crippen molar-refractivity contribution >= 4 is 15.9 Å². The van der Waals surface area contributed by atoms with E-state index >= 15 is 0 Å². The molecule has 1 nitrogen and oxygen atoms in total. The van der Waals surface area contributed by atoms with Crippen LogP contribution in [-0.4, -0.2) is 7.11 Å². The molecular weight excluding hydrogens is 240 g/mol. The van der Waals surface area contributed by atoms with Crippen molar-refractivity contribution in [1.29, 1.82) is 0 Å². The van der Waals surface area contributed by atoms with Gasteiger partial charge in [-0.05, 0) is 36.0 Å². The lowest BCUT2D eigenvalue weighted by atomic mass is 10.1. The summed E-state index contributed by atoms with van der Waals surface area (Å²) in [5, 5.41) is 0. The predicted molar refractivity (Wildman–Crippen MR) is 61.9 cm³/mol. The highest BCUT2D eigenvalue weighted by atomic mass is 79.9. The van der Waals surface area contributed by atoms with Gasteiger partial charge in [-0.2, -0.15) is 0 Å². The summed E-state index contributed by atoms with van der Waals surface area (Å²) in [6, 6.07) is 8.33. The highest BCUT2D eigenvalue weighted by Gasteiger charge is 2.38. The van der Waals surface area contributed by atoms with Gasteiger partial charge in [-0.1, -0.05) is 35.0 Å². The molecule has 1 aromatic carbocycles. The van der Waals surface area contributed by atoms with Crippen molar-refractivity contribution in [2.75, 3.05) is 7.11 Å². The Morgan fingerprint density at radius 3 is 2.36 bits per heavy atom. The summed E-state index contributed by atoms with van der Waals surface area (Å²) in [5.41, 5.74) is 1.36. The van der Waals surface area contributed by atoms with E-state index in [2.05, 4.69) is 35.0 Å². The second-order valence-corrected chi connectivity index (χ2v) is 5.04. The van der Waals surface area contributed by atoms with E-state index in [0.717, 1.165) is 17.6 Å². The first-order valence-corrected chi connectivity index (χ1v) is 5.92. The average molecular weight is 255 g/mol. The summed E-state index contributed by atoms with van der Waals surface area (Å²) in [7, 11) is 1.70. The van der Waals surface area contributed by atoms with Crippen LogP contribution < -0.4 is 4.74 Å². The van der Waals surface area contributed by atoms with Crippen LogP contribution in [0.4, 0.5) is 0 Å². The van der Waals surface area contributed by atoms with Gasteiger partial charge in [-0.25, -0.2) is 0 Å². The summed E-state index contributed by atoms with van der Waals surface area (Å²) in [6.45, 7) is 2.31. The molecule has 0 saturated heterocycles. The van der Waals surface area contributed by atoms with E-state index in [9.17, 15) is 0 Å². The molecule has 2 rings (SSSR count). The lowest BCUT2D eigenvalue weighted by molar-refractivity contribution is 0.414. The van der Waals surface area contributed by atoms with Crippen molar-refractivity contribution in [1.82, 2.24) is 0 Å². The fourth-order valence-electron chi connectivity index (χ4n) is 1.79. The monoisotopic (exact) mass is 254 g/mol. The van der Waals surface area contributed by atoms with Crippen molar-refractivity contribution in [2.45, 2.75) is 18.2 Å². The van der Waals surface area contributed by atoms with Gasteiger partial charge in [0.1, 0.15) is 5.75 Å². The molecule has 0 spiro atoms. The quantitative estimate of drug-likeness (QED) is 0.747. The van der Waals surface area contributed by atoms with E-state index < -0.39 is 0 Å². The van der Waals surface area contributed by atoms with E-state index in [-0.39, 0.29) is 0 Å². The fourth-order valence-corrected chi connectivity index (χ4v) is 2.84. The first-order chi connectivity index (χ1) is 6.72. The van der Waals surface area contributed by atoms with Gasteiger partial charge >= 0.3 is 0 Å². The molecule has 1 aliphatic carbocycles. The summed E-state index contributed by atoms with van der Waals surface area (Å²) < 4.78 is 5.13. The Morgan fingerprint density at radius 1 is 1.36 bits per heavy atom. The minimum Gasteiger partial charge on any atom is -0.497 e. The summed E-state index contributed by atoms with van der Waals surface area (Å²) >= 11 is 3.76. The first kappa shape index (κ1) is 10.0. The molecule has 3 atom stereocenters. The Bertz CT molecular complexity index is 307. The zero-order valence-corrected chi connectivity index (χ0v) is 10.1. The molecule has 14 heavy (non-hydrogen) atoms. The second kappa shape index (κ2) is 3.93. The van der Waals surface area contributed by atoms with Crippen LogP contribution in [0.2, 0.25) is 0 Å². The number of hydrogen-bond donors (Lipinski definition) is 0. The van der Waals surface area contributed by atoms with Gasteiger partial charge in [-0.3, -0.25) is 0 Å². The van der Waals surface area contributed by atoms with Crippen LogP contribution >= 0.6 is 15.9 Å². The molecule has 0 radical (unpaired) electrons. The van der Waals surface area contributed by atoms with Gasteiger partial charge in [0.15, 0.2) is 0 Å². The second-order valence-electron chi connectivity index (χ2n) is 4.05. The van der Waals surface area contributed by atoms with Crippen LogP contribution in [0.25, 0.3) is 0 Å². The molecule has 1 aliphatic rings. The Balaban J connectivity index is 2.08. The number of benzene rings is 1. The first-order valence-electron chi connectivity index (χ1n) is 5.00. The molecule has 2 heteroatoms. The van der Waals surface area contributed by atoms with Crippen LogP contribution in [0.5, 0.6) is 5.75 Å². The lowest BCUT2D eigenvalue weighted by Crippen LogP contribution is -1.93. The number of alkyl halides is 1. The smallest absolute Gasteiger partial charge is 0.118 e. The summed E-state index contributed by atoms with van der Waals surface area (Å²) in [4.78, 5) is 0.517. The molecule has 0 amide bonds. The van der Waals surface area contributed by atoms with E-state index in [1.165, 1.54) is 12.0 Å². The van der Waals surface area contributed by atoms with Crippen molar-refractivity contribution < 1.29 is 4.74 Å². The van der Waals surface area contributed by atoms with Crippen molar-refractivity contribution in [3.63, 3.8) is 0 Å². The van der Waals surface area contributed by atoms with E-state index in [1.54, 1.807) is 7.11 Å².